The molecule has 0 heterocycles. The molecule has 2 atom stereocenters. The average Bonchev–Trinajstić information content (AvgIpc) is 2.50. The Morgan fingerprint density at radius 3 is 2.12 bits per heavy atom. The predicted molar refractivity (Wildman–Crippen MR) is 101 cm³/mol. The second-order valence-electron chi connectivity index (χ2n) is 7.88. The molecule has 0 aromatic rings. The predicted octanol–water partition coefficient (Wildman–Crippen LogP) is 3.63. The molecule has 1 aliphatic carbocycles. The molecule has 26 heavy (non-hydrogen) atoms. The normalized spacial score (nSPS) is 23.3. The zero-order valence-corrected chi connectivity index (χ0v) is 16.5. The highest BCUT2D eigenvalue weighted by molar-refractivity contribution is 6.28. The largest absolute Gasteiger partial charge is 0.508 e. The molecule has 0 bridgehead atoms. The van der Waals surface area contributed by atoms with Crippen LogP contribution in [-0.4, -0.2) is 33.2 Å². The highest BCUT2D eigenvalue weighted by Crippen LogP contribution is 2.36. The van der Waals surface area contributed by atoms with Crippen molar-refractivity contribution in [3.63, 3.8) is 0 Å². The van der Waals surface area contributed by atoms with Crippen LogP contribution in [0.1, 0.15) is 60.8 Å². The van der Waals surface area contributed by atoms with E-state index < -0.39 is 34.6 Å². The van der Waals surface area contributed by atoms with Gasteiger partial charge in [-0.05, 0) is 40.0 Å². The molecular formula is C21H30O5. The summed E-state index contributed by atoms with van der Waals surface area (Å²) in [7, 11) is 0. The van der Waals surface area contributed by atoms with Gasteiger partial charge in [0.1, 0.15) is 11.7 Å². The molecule has 2 N–H and O–H groups in total. The maximum Gasteiger partial charge on any atom is 0.190 e. The molecule has 0 fully saturated rings. The van der Waals surface area contributed by atoms with Crippen LogP contribution in [0.4, 0.5) is 0 Å². The molecule has 1 aliphatic rings. The van der Waals surface area contributed by atoms with Crippen LogP contribution >= 0.6 is 0 Å². The smallest absolute Gasteiger partial charge is 0.190 e. The van der Waals surface area contributed by atoms with E-state index >= 15 is 0 Å². The molecule has 0 unspecified atom stereocenters. The Balaban J connectivity index is 3.49. The van der Waals surface area contributed by atoms with E-state index in [9.17, 15) is 24.6 Å². The summed E-state index contributed by atoms with van der Waals surface area (Å²) in [5.74, 6) is -4.33. The van der Waals surface area contributed by atoms with Crippen LogP contribution in [0.3, 0.4) is 0 Å². The number of hydrogen-bond donors (Lipinski definition) is 2. The van der Waals surface area contributed by atoms with Crippen LogP contribution in [-0.2, 0) is 14.4 Å². The number of rotatable bonds is 7. The van der Waals surface area contributed by atoms with Gasteiger partial charge in [0.15, 0.2) is 23.0 Å². The Morgan fingerprint density at radius 2 is 1.65 bits per heavy atom. The third-order valence-electron chi connectivity index (χ3n) is 4.36. The summed E-state index contributed by atoms with van der Waals surface area (Å²) in [6, 6.07) is 0. The van der Waals surface area contributed by atoms with Gasteiger partial charge in [-0.2, -0.15) is 0 Å². The van der Waals surface area contributed by atoms with E-state index in [1.165, 1.54) is 0 Å². The second-order valence-corrected chi connectivity index (χ2v) is 7.88. The Labute approximate surface area is 155 Å². The lowest BCUT2D eigenvalue weighted by atomic mass is 9.71. The standard InChI is InChI=1S/C21H30O5/c1-12(2)7-8-15-18(23)17(16(22)11-14(5)6)20(25)21(26,19(15)24)10-9-13(3)4/h7,9,14,17,24,26H,8,10-11H2,1-6H3/t17-,21+/m1/s1. The van der Waals surface area contributed by atoms with E-state index in [-0.39, 0.29) is 30.8 Å². The minimum absolute atomic E-state index is 0.0188. The van der Waals surface area contributed by atoms with E-state index in [0.29, 0.717) is 0 Å². The molecule has 0 saturated heterocycles. The first-order valence-electron chi connectivity index (χ1n) is 8.94. The molecule has 5 heteroatoms. The fourth-order valence-corrected chi connectivity index (χ4v) is 2.88. The highest BCUT2D eigenvalue weighted by Gasteiger charge is 2.54. The number of Topliss-reactive ketones (excluding diaryl/α,β-unsaturated/α-hetero) is 3. The molecular weight excluding hydrogens is 332 g/mol. The van der Waals surface area contributed by atoms with Crippen molar-refractivity contribution in [2.45, 2.75) is 66.4 Å². The first kappa shape index (κ1) is 22.0. The van der Waals surface area contributed by atoms with Crippen LogP contribution in [0.25, 0.3) is 0 Å². The molecule has 0 spiro atoms. The van der Waals surface area contributed by atoms with Crippen molar-refractivity contribution in [1.82, 2.24) is 0 Å². The number of aliphatic hydroxyl groups is 2. The van der Waals surface area contributed by atoms with Crippen molar-refractivity contribution in [2.24, 2.45) is 11.8 Å². The van der Waals surface area contributed by atoms with Crippen molar-refractivity contribution in [1.29, 1.82) is 0 Å². The van der Waals surface area contributed by atoms with Gasteiger partial charge in [-0.25, -0.2) is 0 Å². The van der Waals surface area contributed by atoms with Gasteiger partial charge in [-0.1, -0.05) is 37.1 Å². The Bertz CT molecular complexity index is 685. The van der Waals surface area contributed by atoms with Gasteiger partial charge in [-0.15, -0.1) is 0 Å². The van der Waals surface area contributed by atoms with Crippen molar-refractivity contribution in [3.8, 4) is 0 Å². The molecule has 144 valence electrons. The fraction of sp³-hybridized carbons (Fsp3) is 0.571. The molecule has 0 aliphatic heterocycles. The molecule has 0 aromatic carbocycles. The van der Waals surface area contributed by atoms with Crippen LogP contribution in [0.5, 0.6) is 0 Å². The van der Waals surface area contributed by atoms with Gasteiger partial charge in [0, 0.05) is 18.4 Å². The Morgan fingerprint density at radius 1 is 1.12 bits per heavy atom. The zero-order valence-electron chi connectivity index (χ0n) is 16.5. The summed E-state index contributed by atoms with van der Waals surface area (Å²) in [5, 5.41) is 21.5. The van der Waals surface area contributed by atoms with Crippen molar-refractivity contribution < 1.29 is 24.6 Å². The average molecular weight is 362 g/mol. The van der Waals surface area contributed by atoms with Gasteiger partial charge in [0.25, 0.3) is 0 Å². The van der Waals surface area contributed by atoms with E-state index in [1.54, 1.807) is 26.0 Å². The molecule has 0 saturated carbocycles. The number of carbonyl (C=O) groups is 3. The zero-order chi connectivity index (χ0) is 20.2. The molecule has 5 nitrogen and oxygen atoms in total. The van der Waals surface area contributed by atoms with Crippen LogP contribution < -0.4 is 0 Å². The third kappa shape index (κ3) is 4.79. The molecule has 1 rings (SSSR count). The lowest BCUT2D eigenvalue weighted by molar-refractivity contribution is -0.151. The van der Waals surface area contributed by atoms with E-state index in [0.717, 1.165) is 11.1 Å². The first-order valence-corrected chi connectivity index (χ1v) is 8.94. The molecule has 0 aromatic heterocycles. The lowest BCUT2D eigenvalue weighted by Gasteiger charge is -2.34. The van der Waals surface area contributed by atoms with E-state index in [1.807, 2.05) is 27.7 Å². The van der Waals surface area contributed by atoms with Crippen LogP contribution in [0.15, 0.2) is 34.6 Å². The number of hydrogen-bond acceptors (Lipinski definition) is 5. The van der Waals surface area contributed by atoms with Gasteiger partial charge in [0.05, 0.1) is 0 Å². The van der Waals surface area contributed by atoms with Crippen LogP contribution in [0.2, 0.25) is 0 Å². The third-order valence-corrected chi connectivity index (χ3v) is 4.36. The minimum atomic E-state index is -2.24. The summed E-state index contributed by atoms with van der Waals surface area (Å²) in [6.07, 6.45) is 3.31. The van der Waals surface area contributed by atoms with E-state index in [2.05, 4.69) is 0 Å². The summed E-state index contributed by atoms with van der Waals surface area (Å²) >= 11 is 0. The lowest BCUT2D eigenvalue weighted by Crippen LogP contribution is -2.53. The van der Waals surface area contributed by atoms with E-state index in [4.69, 9.17) is 0 Å². The van der Waals surface area contributed by atoms with Gasteiger partial charge in [-0.3, -0.25) is 14.4 Å². The maximum atomic E-state index is 12.9. The maximum absolute atomic E-state index is 12.9. The number of allylic oxidation sites excluding steroid dienone is 4. The van der Waals surface area contributed by atoms with Crippen molar-refractivity contribution in [3.05, 3.63) is 34.6 Å². The van der Waals surface area contributed by atoms with Crippen LogP contribution in [0, 0.1) is 11.8 Å². The summed E-state index contributed by atoms with van der Waals surface area (Å²) in [5.41, 5.74) is -0.523. The summed E-state index contributed by atoms with van der Waals surface area (Å²) in [4.78, 5) is 38.2. The summed E-state index contributed by atoms with van der Waals surface area (Å²) in [6.45, 7) is 10.9. The SMILES string of the molecule is CC(C)=CCC1=C(O)[C@@](O)(CC=C(C)C)C(=O)[C@H](C(=O)CC(C)C)C1=O. The molecule has 0 amide bonds. The minimum Gasteiger partial charge on any atom is -0.508 e. The number of ketones is 3. The van der Waals surface area contributed by atoms with Crippen molar-refractivity contribution in [2.75, 3.05) is 0 Å². The summed E-state index contributed by atoms with van der Waals surface area (Å²) < 4.78 is 0. The van der Waals surface area contributed by atoms with Gasteiger partial charge < -0.3 is 10.2 Å². The topological polar surface area (TPSA) is 91.7 Å². The Hall–Kier alpha value is -2.01. The number of aliphatic hydroxyl groups excluding tert-OH is 1. The molecule has 0 radical (unpaired) electrons. The number of carbonyl (C=O) groups excluding carboxylic acids is 3. The fourth-order valence-electron chi connectivity index (χ4n) is 2.88. The highest BCUT2D eigenvalue weighted by atomic mass is 16.3. The quantitative estimate of drug-likeness (QED) is 0.533. The van der Waals surface area contributed by atoms with Gasteiger partial charge >= 0.3 is 0 Å². The first-order chi connectivity index (χ1) is 11.9. The Kier molecular flexibility index (Phi) is 7.27. The van der Waals surface area contributed by atoms with Crippen molar-refractivity contribution >= 4 is 17.3 Å². The monoisotopic (exact) mass is 362 g/mol. The second kappa shape index (κ2) is 8.58. The van der Waals surface area contributed by atoms with Gasteiger partial charge in [0.2, 0.25) is 0 Å².